The fourth-order valence-corrected chi connectivity index (χ4v) is 4.43. The molecule has 150 valence electrons. The number of methoxy groups -OCH3 is 2. The first-order valence-electron chi connectivity index (χ1n) is 8.55. The van der Waals surface area contributed by atoms with Crippen LogP contribution in [-0.2, 0) is 14.8 Å². The number of aromatic carboxylic acids is 1. The zero-order valence-electron chi connectivity index (χ0n) is 15.5. The number of carboxylic acids is 1. The van der Waals surface area contributed by atoms with E-state index in [1.54, 1.807) is 18.2 Å². The first-order valence-corrected chi connectivity index (χ1v) is 9.99. The Morgan fingerprint density at radius 2 is 1.54 bits per heavy atom. The number of sulfonamides is 1. The fourth-order valence-electron chi connectivity index (χ4n) is 2.95. The predicted molar refractivity (Wildman–Crippen MR) is 102 cm³/mol. The van der Waals surface area contributed by atoms with Gasteiger partial charge in [-0.2, -0.15) is 4.31 Å². The molecule has 0 amide bonds. The van der Waals surface area contributed by atoms with Gasteiger partial charge >= 0.3 is 5.97 Å². The number of hydrogen-bond donors (Lipinski definition) is 1. The SMILES string of the molecule is COc1cc(OC)cc(-c2cc(C(=O)O)cc(S(=O)(=O)N3CCOCC3)c2)c1. The smallest absolute Gasteiger partial charge is 0.335 e. The topological polar surface area (TPSA) is 102 Å². The van der Waals surface area contributed by atoms with E-state index in [2.05, 4.69) is 0 Å². The number of carbonyl (C=O) groups is 1. The van der Waals surface area contributed by atoms with Crippen molar-refractivity contribution < 1.29 is 32.5 Å². The molecule has 0 unspecified atom stereocenters. The first-order chi connectivity index (χ1) is 13.3. The minimum Gasteiger partial charge on any atom is -0.497 e. The average molecular weight is 407 g/mol. The molecule has 2 aromatic carbocycles. The van der Waals surface area contributed by atoms with E-state index in [9.17, 15) is 18.3 Å². The molecule has 1 saturated heterocycles. The number of carboxylic acid groups (broad SMARTS) is 1. The minimum absolute atomic E-state index is 0.0777. The van der Waals surface area contributed by atoms with Crippen LogP contribution in [0.25, 0.3) is 11.1 Å². The van der Waals surface area contributed by atoms with Crippen LogP contribution in [0.4, 0.5) is 0 Å². The van der Waals surface area contributed by atoms with Crippen molar-refractivity contribution in [1.82, 2.24) is 4.31 Å². The summed E-state index contributed by atoms with van der Waals surface area (Å²) in [5, 5.41) is 9.48. The standard InChI is InChI=1S/C19H21NO7S/c1-25-16-8-14(9-17(12-16)26-2)13-7-15(19(21)22)11-18(10-13)28(23,24)20-3-5-27-6-4-20/h7-12H,3-6H2,1-2H3,(H,21,22). The zero-order chi connectivity index (χ0) is 20.3. The van der Waals surface area contributed by atoms with E-state index in [0.717, 1.165) is 0 Å². The second-order valence-corrected chi connectivity index (χ2v) is 8.11. The summed E-state index contributed by atoms with van der Waals surface area (Å²) in [5.41, 5.74) is 0.896. The summed E-state index contributed by atoms with van der Waals surface area (Å²) in [5.74, 6) is -0.199. The van der Waals surface area contributed by atoms with Gasteiger partial charge in [-0.05, 0) is 41.5 Å². The quantitative estimate of drug-likeness (QED) is 0.782. The molecule has 0 radical (unpaired) electrons. The predicted octanol–water partition coefficient (Wildman–Crippen LogP) is 2.09. The number of morpholine rings is 1. The van der Waals surface area contributed by atoms with Crippen LogP contribution in [0.1, 0.15) is 10.4 Å². The van der Waals surface area contributed by atoms with E-state index in [1.807, 2.05) is 0 Å². The van der Waals surface area contributed by atoms with Crippen molar-refractivity contribution in [1.29, 1.82) is 0 Å². The number of benzene rings is 2. The largest absolute Gasteiger partial charge is 0.497 e. The molecule has 0 aliphatic carbocycles. The molecular weight excluding hydrogens is 386 g/mol. The highest BCUT2D eigenvalue weighted by atomic mass is 32.2. The molecule has 0 saturated carbocycles. The van der Waals surface area contributed by atoms with Crippen molar-refractivity contribution in [3.8, 4) is 22.6 Å². The maximum Gasteiger partial charge on any atom is 0.335 e. The van der Waals surface area contributed by atoms with Gasteiger partial charge in [0.1, 0.15) is 11.5 Å². The maximum absolute atomic E-state index is 13.0. The summed E-state index contributed by atoms with van der Waals surface area (Å²) in [6.07, 6.45) is 0. The lowest BCUT2D eigenvalue weighted by Gasteiger charge is -2.26. The molecule has 8 nitrogen and oxygen atoms in total. The lowest BCUT2D eigenvalue weighted by atomic mass is 10.0. The second kappa shape index (κ2) is 8.17. The van der Waals surface area contributed by atoms with Crippen LogP contribution >= 0.6 is 0 Å². The lowest BCUT2D eigenvalue weighted by molar-refractivity contribution is 0.0696. The van der Waals surface area contributed by atoms with Crippen LogP contribution in [0.15, 0.2) is 41.3 Å². The molecule has 2 aromatic rings. The van der Waals surface area contributed by atoms with Crippen molar-refractivity contribution in [2.24, 2.45) is 0 Å². The third kappa shape index (κ3) is 4.11. The molecule has 0 spiro atoms. The Morgan fingerprint density at radius 3 is 2.07 bits per heavy atom. The third-order valence-corrected chi connectivity index (χ3v) is 6.32. The molecule has 1 heterocycles. The highest BCUT2D eigenvalue weighted by Gasteiger charge is 2.28. The van der Waals surface area contributed by atoms with Gasteiger partial charge in [-0.3, -0.25) is 0 Å². The Kier molecular flexibility index (Phi) is 5.87. The van der Waals surface area contributed by atoms with E-state index >= 15 is 0 Å². The van der Waals surface area contributed by atoms with E-state index in [4.69, 9.17) is 14.2 Å². The Hall–Kier alpha value is -2.62. The molecule has 28 heavy (non-hydrogen) atoms. The van der Waals surface area contributed by atoms with Crippen LogP contribution in [0.2, 0.25) is 0 Å². The van der Waals surface area contributed by atoms with Crippen molar-refractivity contribution in [3.05, 3.63) is 42.0 Å². The lowest BCUT2D eigenvalue weighted by Crippen LogP contribution is -2.40. The molecule has 0 bridgehead atoms. The molecule has 3 rings (SSSR count). The molecule has 1 N–H and O–H groups in total. The van der Waals surface area contributed by atoms with E-state index < -0.39 is 16.0 Å². The van der Waals surface area contributed by atoms with Gasteiger partial charge in [0.2, 0.25) is 10.0 Å². The maximum atomic E-state index is 13.0. The molecule has 1 aliphatic rings. The average Bonchev–Trinajstić information content (AvgIpc) is 2.73. The third-order valence-electron chi connectivity index (χ3n) is 4.45. The van der Waals surface area contributed by atoms with Crippen LogP contribution in [-0.4, -0.2) is 64.3 Å². The van der Waals surface area contributed by atoms with Gasteiger partial charge in [0.25, 0.3) is 0 Å². The molecule has 0 atom stereocenters. The first kappa shape index (κ1) is 20.1. The Balaban J connectivity index is 2.14. The number of hydrogen-bond acceptors (Lipinski definition) is 6. The van der Waals surface area contributed by atoms with Crippen LogP contribution < -0.4 is 9.47 Å². The van der Waals surface area contributed by atoms with Gasteiger partial charge in [-0.15, -0.1) is 0 Å². The summed E-state index contributed by atoms with van der Waals surface area (Å²) in [6.45, 7) is 1.06. The summed E-state index contributed by atoms with van der Waals surface area (Å²) >= 11 is 0. The van der Waals surface area contributed by atoms with Crippen LogP contribution in [0.3, 0.4) is 0 Å². The van der Waals surface area contributed by atoms with Gasteiger partial charge < -0.3 is 19.3 Å². The highest BCUT2D eigenvalue weighted by Crippen LogP contribution is 2.32. The van der Waals surface area contributed by atoms with Crippen molar-refractivity contribution >= 4 is 16.0 Å². The van der Waals surface area contributed by atoms with Gasteiger partial charge in [-0.1, -0.05) is 0 Å². The van der Waals surface area contributed by atoms with Crippen molar-refractivity contribution in [2.45, 2.75) is 4.90 Å². The van der Waals surface area contributed by atoms with Gasteiger partial charge in [0.15, 0.2) is 0 Å². The molecule has 0 aromatic heterocycles. The van der Waals surface area contributed by atoms with Gasteiger partial charge in [0.05, 0.1) is 37.9 Å². The van der Waals surface area contributed by atoms with E-state index in [0.29, 0.717) is 35.8 Å². The monoisotopic (exact) mass is 407 g/mol. The van der Waals surface area contributed by atoms with Gasteiger partial charge in [-0.25, -0.2) is 13.2 Å². The van der Waals surface area contributed by atoms with E-state index in [1.165, 1.54) is 36.7 Å². The summed E-state index contributed by atoms with van der Waals surface area (Å²) in [4.78, 5) is 11.5. The minimum atomic E-state index is -3.85. The summed E-state index contributed by atoms with van der Waals surface area (Å²) in [6, 6.07) is 9.12. The fraction of sp³-hybridized carbons (Fsp3) is 0.316. The Bertz CT molecular complexity index is 960. The number of rotatable bonds is 6. The highest BCUT2D eigenvalue weighted by molar-refractivity contribution is 7.89. The van der Waals surface area contributed by atoms with Crippen LogP contribution in [0, 0.1) is 0 Å². The summed E-state index contributed by atoms with van der Waals surface area (Å²) in [7, 11) is -0.851. The Morgan fingerprint density at radius 1 is 0.964 bits per heavy atom. The number of ether oxygens (including phenoxy) is 3. The van der Waals surface area contributed by atoms with E-state index in [-0.39, 0.29) is 23.5 Å². The normalized spacial score (nSPS) is 15.2. The zero-order valence-corrected chi connectivity index (χ0v) is 16.4. The molecule has 1 aliphatic heterocycles. The molecular formula is C19H21NO7S. The molecule has 9 heteroatoms. The summed E-state index contributed by atoms with van der Waals surface area (Å²) < 4.78 is 43.1. The second-order valence-electron chi connectivity index (χ2n) is 6.17. The van der Waals surface area contributed by atoms with Crippen LogP contribution in [0.5, 0.6) is 11.5 Å². The number of nitrogens with zero attached hydrogens (tertiary/aromatic N) is 1. The molecule has 1 fully saturated rings. The Labute approximate surface area is 163 Å². The van der Waals surface area contributed by atoms with Gasteiger partial charge in [0, 0.05) is 19.2 Å². The van der Waals surface area contributed by atoms with Crippen molar-refractivity contribution in [2.75, 3.05) is 40.5 Å². The van der Waals surface area contributed by atoms with Crippen molar-refractivity contribution in [3.63, 3.8) is 0 Å².